The average molecular weight is 368 g/mol. The fraction of sp³-hybridized carbons (Fsp3) is 0.312. The van der Waals surface area contributed by atoms with E-state index in [0.717, 1.165) is 0 Å². The van der Waals surface area contributed by atoms with Crippen LogP contribution in [0.15, 0.2) is 46.0 Å². The van der Waals surface area contributed by atoms with Crippen molar-refractivity contribution in [2.45, 2.75) is 17.1 Å². The predicted octanol–water partition coefficient (Wildman–Crippen LogP) is 2.93. The molecule has 0 bridgehead atoms. The number of nitrogens with one attached hydrogen (secondary N) is 1. The van der Waals surface area contributed by atoms with Gasteiger partial charge in [-0.05, 0) is 42.5 Å². The first-order chi connectivity index (χ1) is 11.5. The Morgan fingerprint density at radius 2 is 2.12 bits per heavy atom. The van der Waals surface area contributed by atoms with Gasteiger partial charge in [0.25, 0.3) is 10.0 Å². The molecule has 0 saturated carbocycles. The van der Waals surface area contributed by atoms with E-state index in [4.69, 9.17) is 0 Å². The fourth-order valence-electron chi connectivity index (χ4n) is 2.72. The van der Waals surface area contributed by atoms with E-state index in [-0.39, 0.29) is 16.7 Å². The number of anilines is 1. The molecule has 1 aliphatic rings. The van der Waals surface area contributed by atoms with Gasteiger partial charge >= 0.3 is 0 Å². The Hall–Kier alpha value is -1.77. The third-order valence-electron chi connectivity index (χ3n) is 3.94. The molecule has 1 fully saturated rings. The molecule has 8 heteroatoms. The Morgan fingerprint density at radius 1 is 1.29 bits per heavy atom. The van der Waals surface area contributed by atoms with Crippen molar-refractivity contribution in [1.29, 1.82) is 0 Å². The van der Waals surface area contributed by atoms with Gasteiger partial charge in [-0.25, -0.2) is 12.8 Å². The van der Waals surface area contributed by atoms with Gasteiger partial charge in [0.05, 0.1) is 5.92 Å². The number of sulfonamides is 1. The zero-order valence-corrected chi connectivity index (χ0v) is 14.4. The summed E-state index contributed by atoms with van der Waals surface area (Å²) in [5.41, 5.74) is 0.373. The van der Waals surface area contributed by atoms with E-state index in [9.17, 15) is 17.6 Å². The standard InChI is InChI=1S/C16H17FN2O3S2/c17-13-5-1-6-14(10-13)18-16(20)12-4-2-8-19(11-12)24(21,22)15-7-3-9-23-15/h1,3,5-7,9-10,12H,2,4,8,11H2,(H,18,20)/t12-/m0/s1. The molecule has 1 aromatic carbocycles. The molecule has 1 saturated heterocycles. The quantitative estimate of drug-likeness (QED) is 0.902. The Balaban J connectivity index is 1.70. The number of hydrogen-bond donors (Lipinski definition) is 1. The summed E-state index contributed by atoms with van der Waals surface area (Å²) in [6, 6.07) is 8.90. The molecule has 0 spiro atoms. The predicted molar refractivity (Wildman–Crippen MR) is 90.8 cm³/mol. The molecule has 1 atom stereocenters. The molecule has 1 amide bonds. The van der Waals surface area contributed by atoms with Gasteiger partial charge in [-0.15, -0.1) is 11.3 Å². The number of thiophene rings is 1. The first kappa shape index (κ1) is 17.1. The number of carbonyl (C=O) groups is 1. The summed E-state index contributed by atoms with van der Waals surface area (Å²) in [6.45, 7) is 0.547. The Labute approximate surface area is 144 Å². The van der Waals surface area contributed by atoms with Gasteiger partial charge in [0.2, 0.25) is 5.91 Å². The zero-order valence-electron chi connectivity index (χ0n) is 12.8. The molecule has 1 aromatic heterocycles. The van der Waals surface area contributed by atoms with Crippen LogP contribution in [-0.4, -0.2) is 31.7 Å². The third-order valence-corrected chi connectivity index (χ3v) is 7.17. The van der Waals surface area contributed by atoms with Crippen molar-refractivity contribution >= 4 is 33.0 Å². The first-order valence-electron chi connectivity index (χ1n) is 7.57. The lowest BCUT2D eigenvalue weighted by atomic mass is 9.99. The number of nitrogens with zero attached hydrogens (tertiary/aromatic N) is 1. The normalized spacial score (nSPS) is 19.1. The Kier molecular flexibility index (Phi) is 4.98. The zero-order chi connectivity index (χ0) is 17.2. The number of amides is 1. The highest BCUT2D eigenvalue weighted by Crippen LogP contribution is 2.27. The van der Waals surface area contributed by atoms with Gasteiger partial charge in [-0.2, -0.15) is 4.31 Å². The summed E-state index contributed by atoms with van der Waals surface area (Å²) in [7, 11) is -3.55. The smallest absolute Gasteiger partial charge is 0.252 e. The number of halogens is 1. The van der Waals surface area contributed by atoms with Crippen LogP contribution in [0, 0.1) is 11.7 Å². The van der Waals surface area contributed by atoms with Crippen LogP contribution >= 0.6 is 11.3 Å². The molecular weight excluding hydrogens is 351 g/mol. The highest BCUT2D eigenvalue weighted by molar-refractivity contribution is 7.91. The van der Waals surface area contributed by atoms with Gasteiger partial charge in [-0.1, -0.05) is 12.1 Å². The topological polar surface area (TPSA) is 66.5 Å². The first-order valence-corrected chi connectivity index (χ1v) is 9.89. The molecule has 0 radical (unpaired) electrons. The molecule has 0 aliphatic carbocycles. The largest absolute Gasteiger partial charge is 0.326 e. The van der Waals surface area contributed by atoms with E-state index in [1.165, 1.54) is 33.8 Å². The summed E-state index contributed by atoms with van der Waals surface area (Å²) in [5.74, 6) is -1.17. The lowest BCUT2D eigenvalue weighted by molar-refractivity contribution is -0.120. The fourth-order valence-corrected chi connectivity index (χ4v) is 5.39. The third kappa shape index (κ3) is 3.66. The molecule has 128 valence electrons. The van der Waals surface area contributed by atoms with Crippen LogP contribution in [0.25, 0.3) is 0 Å². The average Bonchev–Trinajstić information content (AvgIpc) is 3.10. The van der Waals surface area contributed by atoms with Crippen LogP contribution in [0.2, 0.25) is 0 Å². The van der Waals surface area contributed by atoms with Crippen molar-refractivity contribution in [2.24, 2.45) is 5.92 Å². The van der Waals surface area contributed by atoms with E-state index >= 15 is 0 Å². The molecule has 3 rings (SSSR count). The van der Waals surface area contributed by atoms with E-state index in [2.05, 4.69) is 5.32 Å². The molecule has 24 heavy (non-hydrogen) atoms. The molecule has 2 aromatic rings. The summed E-state index contributed by atoms with van der Waals surface area (Å²) in [4.78, 5) is 12.4. The summed E-state index contributed by atoms with van der Waals surface area (Å²) < 4.78 is 40.0. The van der Waals surface area contributed by atoms with Crippen LogP contribution in [0.4, 0.5) is 10.1 Å². The van der Waals surface area contributed by atoms with Gasteiger partial charge in [0.15, 0.2) is 0 Å². The Bertz CT molecular complexity index is 822. The maximum Gasteiger partial charge on any atom is 0.252 e. The minimum Gasteiger partial charge on any atom is -0.326 e. The van der Waals surface area contributed by atoms with Crippen LogP contribution in [0.3, 0.4) is 0 Å². The molecule has 2 heterocycles. The van der Waals surface area contributed by atoms with E-state index in [1.54, 1.807) is 23.6 Å². The molecule has 1 aliphatic heterocycles. The van der Waals surface area contributed by atoms with Crippen molar-refractivity contribution in [1.82, 2.24) is 4.31 Å². The number of carbonyl (C=O) groups excluding carboxylic acids is 1. The lowest BCUT2D eigenvalue weighted by Gasteiger charge is -2.30. The highest BCUT2D eigenvalue weighted by Gasteiger charge is 2.33. The number of piperidine rings is 1. The summed E-state index contributed by atoms with van der Waals surface area (Å²) in [6.07, 6.45) is 1.23. The second-order valence-corrected chi connectivity index (χ2v) is 8.75. The number of hydrogen-bond acceptors (Lipinski definition) is 4. The maximum absolute atomic E-state index is 13.2. The number of benzene rings is 1. The lowest BCUT2D eigenvalue weighted by Crippen LogP contribution is -2.43. The van der Waals surface area contributed by atoms with Crippen LogP contribution < -0.4 is 5.32 Å². The van der Waals surface area contributed by atoms with E-state index in [1.807, 2.05) is 0 Å². The van der Waals surface area contributed by atoms with Crippen molar-refractivity contribution < 1.29 is 17.6 Å². The monoisotopic (exact) mass is 368 g/mol. The second kappa shape index (κ2) is 7.00. The molecule has 1 N–H and O–H groups in total. The van der Waals surface area contributed by atoms with E-state index < -0.39 is 21.8 Å². The minimum atomic E-state index is -3.55. The molecular formula is C16H17FN2O3S2. The van der Waals surface area contributed by atoms with Gasteiger partial charge in [0, 0.05) is 18.8 Å². The minimum absolute atomic E-state index is 0.140. The van der Waals surface area contributed by atoms with Crippen molar-refractivity contribution in [3.63, 3.8) is 0 Å². The second-order valence-electron chi connectivity index (χ2n) is 5.63. The van der Waals surface area contributed by atoms with Gasteiger partial charge in [0.1, 0.15) is 10.0 Å². The summed E-state index contributed by atoms with van der Waals surface area (Å²) in [5, 5.41) is 4.37. The van der Waals surface area contributed by atoms with Crippen LogP contribution in [0.1, 0.15) is 12.8 Å². The summed E-state index contributed by atoms with van der Waals surface area (Å²) >= 11 is 1.17. The highest BCUT2D eigenvalue weighted by atomic mass is 32.2. The van der Waals surface area contributed by atoms with Gasteiger partial charge < -0.3 is 5.32 Å². The van der Waals surface area contributed by atoms with Gasteiger partial charge in [-0.3, -0.25) is 4.79 Å². The van der Waals surface area contributed by atoms with Crippen molar-refractivity contribution in [3.05, 3.63) is 47.6 Å². The molecule has 5 nitrogen and oxygen atoms in total. The van der Waals surface area contributed by atoms with E-state index in [0.29, 0.717) is 25.1 Å². The molecule has 0 unspecified atom stereocenters. The maximum atomic E-state index is 13.2. The van der Waals surface area contributed by atoms with Crippen LogP contribution in [-0.2, 0) is 14.8 Å². The Morgan fingerprint density at radius 3 is 2.83 bits per heavy atom. The number of rotatable bonds is 4. The van der Waals surface area contributed by atoms with Crippen molar-refractivity contribution in [3.8, 4) is 0 Å². The van der Waals surface area contributed by atoms with Crippen molar-refractivity contribution in [2.75, 3.05) is 18.4 Å². The van der Waals surface area contributed by atoms with Crippen LogP contribution in [0.5, 0.6) is 0 Å². The SMILES string of the molecule is O=C(Nc1cccc(F)c1)[C@H]1CCCN(S(=O)(=O)c2cccs2)C1.